The van der Waals surface area contributed by atoms with Gasteiger partial charge in [0.1, 0.15) is 11.3 Å². The highest BCUT2D eigenvalue weighted by Gasteiger charge is 2.12. The van der Waals surface area contributed by atoms with Gasteiger partial charge in [-0.05, 0) is 23.8 Å². The molecule has 4 heteroatoms. The second kappa shape index (κ2) is 5.10. The summed E-state index contributed by atoms with van der Waals surface area (Å²) >= 11 is 0. The zero-order valence-corrected chi connectivity index (χ0v) is 10.5. The van der Waals surface area contributed by atoms with Crippen molar-refractivity contribution < 1.29 is 4.42 Å². The first-order chi connectivity index (χ1) is 8.85. The molecular weight excluding hydrogens is 226 g/mol. The Kier molecular flexibility index (Phi) is 3.32. The molecule has 1 aliphatic rings. The fourth-order valence-electron chi connectivity index (χ4n) is 2.44. The zero-order valence-electron chi connectivity index (χ0n) is 10.5. The van der Waals surface area contributed by atoms with Gasteiger partial charge in [0.05, 0.1) is 6.54 Å². The monoisotopic (exact) mass is 245 g/mol. The molecular formula is C14H19N3O. The summed E-state index contributed by atoms with van der Waals surface area (Å²) in [5.74, 6) is 1.04. The van der Waals surface area contributed by atoms with Crippen LogP contribution in [0.2, 0.25) is 0 Å². The number of hydrogen-bond acceptors (Lipinski definition) is 4. The maximum absolute atomic E-state index is 5.87. The minimum atomic E-state index is 0.578. The number of nitrogens with zero attached hydrogens (tertiary/aromatic N) is 1. The molecule has 0 aliphatic carbocycles. The van der Waals surface area contributed by atoms with Crippen molar-refractivity contribution in [2.75, 3.05) is 26.2 Å². The van der Waals surface area contributed by atoms with Crippen LogP contribution in [0.1, 0.15) is 11.3 Å². The van der Waals surface area contributed by atoms with Crippen LogP contribution in [-0.2, 0) is 13.1 Å². The molecule has 4 nitrogen and oxygen atoms in total. The lowest BCUT2D eigenvalue weighted by atomic mass is 10.1. The summed E-state index contributed by atoms with van der Waals surface area (Å²) in [6, 6.07) is 8.29. The Bertz CT molecular complexity index is 529. The van der Waals surface area contributed by atoms with Gasteiger partial charge in [0.15, 0.2) is 0 Å². The van der Waals surface area contributed by atoms with E-state index < -0.39 is 0 Å². The molecule has 0 saturated carbocycles. The molecule has 1 aromatic carbocycles. The van der Waals surface area contributed by atoms with Crippen LogP contribution in [0.3, 0.4) is 0 Å². The Morgan fingerprint density at radius 3 is 2.83 bits per heavy atom. The van der Waals surface area contributed by atoms with Crippen LogP contribution in [0.5, 0.6) is 0 Å². The van der Waals surface area contributed by atoms with E-state index in [9.17, 15) is 0 Å². The Balaban J connectivity index is 1.79. The van der Waals surface area contributed by atoms with E-state index in [-0.39, 0.29) is 0 Å². The molecule has 2 heterocycles. The average molecular weight is 245 g/mol. The van der Waals surface area contributed by atoms with Gasteiger partial charge in [-0.2, -0.15) is 0 Å². The SMILES string of the molecule is NCc1ccc2oc(CN3CCNCC3)cc2c1. The van der Waals surface area contributed by atoms with Gasteiger partial charge in [0.25, 0.3) is 0 Å². The van der Waals surface area contributed by atoms with Gasteiger partial charge in [-0.3, -0.25) is 4.90 Å². The van der Waals surface area contributed by atoms with Crippen LogP contribution >= 0.6 is 0 Å². The van der Waals surface area contributed by atoms with Gasteiger partial charge in [0, 0.05) is 38.1 Å². The molecule has 3 N–H and O–H groups in total. The van der Waals surface area contributed by atoms with E-state index in [1.54, 1.807) is 0 Å². The largest absolute Gasteiger partial charge is 0.460 e. The number of furan rings is 1. The number of nitrogens with two attached hydrogens (primary N) is 1. The summed E-state index contributed by atoms with van der Waals surface area (Å²) in [7, 11) is 0. The van der Waals surface area contributed by atoms with Crippen molar-refractivity contribution in [1.82, 2.24) is 10.2 Å². The van der Waals surface area contributed by atoms with Crippen LogP contribution in [0.4, 0.5) is 0 Å². The maximum Gasteiger partial charge on any atom is 0.134 e. The minimum Gasteiger partial charge on any atom is -0.460 e. The van der Waals surface area contributed by atoms with Crippen molar-refractivity contribution in [2.24, 2.45) is 5.73 Å². The van der Waals surface area contributed by atoms with Gasteiger partial charge < -0.3 is 15.5 Å². The Morgan fingerprint density at radius 1 is 1.22 bits per heavy atom. The van der Waals surface area contributed by atoms with E-state index in [1.165, 1.54) is 0 Å². The van der Waals surface area contributed by atoms with E-state index in [0.717, 1.165) is 55.0 Å². The second-order valence-corrected chi connectivity index (χ2v) is 4.82. The predicted octanol–water partition coefficient (Wildman–Crippen LogP) is 1.30. The molecule has 3 rings (SSSR count). The van der Waals surface area contributed by atoms with Gasteiger partial charge in [-0.1, -0.05) is 6.07 Å². The van der Waals surface area contributed by atoms with Gasteiger partial charge in [-0.15, -0.1) is 0 Å². The van der Waals surface area contributed by atoms with E-state index in [4.69, 9.17) is 10.2 Å². The molecule has 1 aliphatic heterocycles. The Morgan fingerprint density at radius 2 is 2.06 bits per heavy atom. The van der Waals surface area contributed by atoms with E-state index in [0.29, 0.717) is 6.54 Å². The summed E-state index contributed by atoms with van der Waals surface area (Å²) in [5, 5.41) is 4.51. The first-order valence-electron chi connectivity index (χ1n) is 6.49. The predicted molar refractivity (Wildman–Crippen MR) is 72.3 cm³/mol. The first kappa shape index (κ1) is 11.7. The van der Waals surface area contributed by atoms with Crippen LogP contribution < -0.4 is 11.1 Å². The highest BCUT2D eigenvalue weighted by Crippen LogP contribution is 2.21. The molecule has 96 valence electrons. The number of nitrogens with one attached hydrogen (secondary N) is 1. The van der Waals surface area contributed by atoms with Crippen LogP contribution in [0.15, 0.2) is 28.7 Å². The molecule has 0 bridgehead atoms. The van der Waals surface area contributed by atoms with Crippen LogP contribution in [-0.4, -0.2) is 31.1 Å². The van der Waals surface area contributed by atoms with E-state index in [2.05, 4.69) is 22.3 Å². The summed E-state index contributed by atoms with van der Waals surface area (Å²) in [4.78, 5) is 2.41. The van der Waals surface area contributed by atoms with Crippen molar-refractivity contribution in [3.63, 3.8) is 0 Å². The normalized spacial score (nSPS) is 17.4. The molecule has 1 saturated heterocycles. The number of benzene rings is 1. The van der Waals surface area contributed by atoms with Crippen molar-refractivity contribution in [3.8, 4) is 0 Å². The Hall–Kier alpha value is -1.36. The Labute approximate surface area is 107 Å². The fraction of sp³-hybridized carbons (Fsp3) is 0.429. The molecule has 0 unspecified atom stereocenters. The smallest absolute Gasteiger partial charge is 0.134 e. The second-order valence-electron chi connectivity index (χ2n) is 4.82. The quantitative estimate of drug-likeness (QED) is 0.855. The average Bonchev–Trinajstić information content (AvgIpc) is 2.80. The molecule has 0 spiro atoms. The molecule has 0 amide bonds. The minimum absolute atomic E-state index is 0.578. The summed E-state index contributed by atoms with van der Waals surface area (Å²) < 4.78 is 5.87. The summed E-state index contributed by atoms with van der Waals surface area (Å²) in [5.41, 5.74) is 7.76. The maximum atomic E-state index is 5.87. The third kappa shape index (κ3) is 2.41. The molecule has 1 fully saturated rings. The van der Waals surface area contributed by atoms with Crippen molar-refractivity contribution in [3.05, 3.63) is 35.6 Å². The number of rotatable bonds is 3. The van der Waals surface area contributed by atoms with Crippen molar-refractivity contribution in [1.29, 1.82) is 0 Å². The molecule has 2 aromatic rings. The highest BCUT2D eigenvalue weighted by molar-refractivity contribution is 5.78. The molecule has 18 heavy (non-hydrogen) atoms. The fourth-order valence-corrected chi connectivity index (χ4v) is 2.44. The lowest BCUT2D eigenvalue weighted by Crippen LogP contribution is -2.42. The summed E-state index contributed by atoms with van der Waals surface area (Å²) in [6.45, 7) is 5.79. The van der Waals surface area contributed by atoms with Crippen LogP contribution in [0.25, 0.3) is 11.0 Å². The van der Waals surface area contributed by atoms with Gasteiger partial charge in [-0.25, -0.2) is 0 Å². The molecule has 0 atom stereocenters. The van der Waals surface area contributed by atoms with E-state index >= 15 is 0 Å². The van der Waals surface area contributed by atoms with Crippen LogP contribution in [0, 0.1) is 0 Å². The third-order valence-corrected chi connectivity index (χ3v) is 3.46. The standard InChI is InChI=1S/C14H19N3O/c15-9-11-1-2-14-12(7-11)8-13(18-14)10-17-5-3-16-4-6-17/h1-2,7-8,16H,3-6,9-10,15H2. The highest BCUT2D eigenvalue weighted by atomic mass is 16.3. The molecule has 0 radical (unpaired) electrons. The third-order valence-electron chi connectivity index (χ3n) is 3.46. The zero-order chi connectivity index (χ0) is 12.4. The summed E-state index contributed by atoms with van der Waals surface area (Å²) in [6.07, 6.45) is 0. The van der Waals surface area contributed by atoms with Crippen molar-refractivity contribution >= 4 is 11.0 Å². The number of fused-ring (bicyclic) bond motifs is 1. The van der Waals surface area contributed by atoms with Gasteiger partial charge >= 0.3 is 0 Å². The van der Waals surface area contributed by atoms with Gasteiger partial charge in [0.2, 0.25) is 0 Å². The number of hydrogen-bond donors (Lipinski definition) is 2. The lowest BCUT2D eigenvalue weighted by molar-refractivity contribution is 0.218. The lowest BCUT2D eigenvalue weighted by Gasteiger charge is -2.26. The molecule has 1 aromatic heterocycles. The first-order valence-corrected chi connectivity index (χ1v) is 6.49. The van der Waals surface area contributed by atoms with E-state index in [1.807, 2.05) is 12.1 Å². The number of piperazine rings is 1. The van der Waals surface area contributed by atoms with Crippen molar-refractivity contribution in [2.45, 2.75) is 13.1 Å². The topological polar surface area (TPSA) is 54.4 Å².